The minimum Gasteiger partial charge on any atom is -0.379 e. The third-order valence-corrected chi connectivity index (χ3v) is 7.07. The first-order chi connectivity index (χ1) is 15.5. The maximum Gasteiger partial charge on any atom is 0.323 e. The summed E-state index contributed by atoms with van der Waals surface area (Å²) in [5.41, 5.74) is 3.95. The molecule has 3 heterocycles. The van der Waals surface area contributed by atoms with Gasteiger partial charge in [0, 0.05) is 34.8 Å². The predicted molar refractivity (Wildman–Crippen MR) is 125 cm³/mol. The summed E-state index contributed by atoms with van der Waals surface area (Å²) >= 11 is 1.22. The quantitative estimate of drug-likeness (QED) is 0.292. The van der Waals surface area contributed by atoms with Crippen LogP contribution in [0.25, 0.3) is 16.7 Å². The molecule has 5 rings (SSSR count). The summed E-state index contributed by atoms with van der Waals surface area (Å²) in [6.07, 6.45) is 3.46. The van der Waals surface area contributed by atoms with Crippen molar-refractivity contribution in [1.82, 2.24) is 19.5 Å². The van der Waals surface area contributed by atoms with Gasteiger partial charge >= 0.3 is 5.69 Å². The molecule has 32 heavy (non-hydrogen) atoms. The van der Waals surface area contributed by atoms with Gasteiger partial charge in [0.15, 0.2) is 5.13 Å². The summed E-state index contributed by atoms with van der Waals surface area (Å²) in [7, 11) is -3.69. The number of rotatable bonds is 7. The van der Waals surface area contributed by atoms with Crippen molar-refractivity contribution >= 4 is 43.2 Å². The van der Waals surface area contributed by atoms with E-state index < -0.39 is 10.0 Å². The van der Waals surface area contributed by atoms with Crippen LogP contribution in [0.3, 0.4) is 0 Å². The van der Waals surface area contributed by atoms with E-state index in [9.17, 15) is 13.2 Å². The first kappa shape index (κ1) is 20.1. The lowest BCUT2D eigenvalue weighted by molar-refractivity contribution is 0.601. The molecule has 3 aromatic heterocycles. The molecule has 0 bridgehead atoms. The van der Waals surface area contributed by atoms with Gasteiger partial charge in [-0.1, -0.05) is 0 Å². The number of hydrogen-bond donors (Lipinski definition) is 4. The Balaban J connectivity index is 1.32. The van der Waals surface area contributed by atoms with E-state index in [1.165, 1.54) is 11.3 Å². The number of imidazole rings is 1. The van der Waals surface area contributed by atoms with Crippen molar-refractivity contribution in [1.29, 1.82) is 0 Å². The van der Waals surface area contributed by atoms with Crippen LogP contribution in [-0.2, 0) is 16.6 Å². The number of nitrogens with zero attached hydrogens (tertiary/aromatic N) is 2. The number of H-pyrrole nitrogens is 2. The van der Waals surface area contributed by atoms with Gasteiger partial charge in [-0.25, -0.2) is 18.2 Å². The van der Waals surface area contributed by atoms with Crippen molar-refractivity contribution in [3.63, 3.8) is 0 Å². The fourth-order valence-corrected chi connectivity index (χ4v) is 5.17. The molecule has 2 aromatic carbocycles. The summed E-state index contributed by atoms with van der Waals surface area (Å²) in [6, 6.07) is 16.2. The van der Waals surface area contributed by atoms with Crippen molar-refractivity contribution in [3.05, 3.63) is 88.5 Å². The van der Waals surface area contributed by atoms with Crippen molar-refractivity contribution in [2.45, 2.75) is 11.4 Å². The Kier molecular flexibility index (Phi) is 5.04. The fourth-order valence-electron chi connectivity index (χ4n) is 3.38. The standard InChI is InChI=1S/C21H18N6O3S2/c28-20-24-18-8-3-14(12-19(18)25-20)23-13-16-2-1-10-27(16)15-4-6-17(7-5-15)32(29,30)26-21-22-9-11-31-21/h1-12,23H,13H2,(H,22,26)(H2,24,25,28). The smallest absolute Gasteiger partial charge is 0.323 e. The average Bonchev–Trinajstić information content (AvgIpc) is 3.52. The summed E-state index contributed by atoms with van der Waals surface area (Å²) in [5.74, 6) is 0. The molecule has 0 amide bonds. The van der Waals surface area contributed by atoms with Crippen LogP contribution in [0.5, 0.6) is 0 Å². The van der Waals surface area contributed by atoms with E-state index in [1.807, 2.05) is 41.1 Å². The highest BCUT2D eigenvalue weighted by molar-refractivity contribution is 7.93. The van der Waals surface area contributed by atoms with Gasteiger partial charge in [0.05, 0.1) is 22.5 Å². The molecule has 11 heteroatoms. The zero-order valence-electron chi connectivity index (χ0n) is 16.6. The molecular formula is C21H18N6O3S2. The van der Waals surface area contributed by atoms with Gasteiger partial charge in [0.1, 0.15) is 0 Å². The Morgan fingerprint density at radius 2 is 1.84 bits per heavy atom. The molecular weight excluding hydrogens is 448 g/mol. The Labute approximate surface area is 186 Å². The molecule has 162 valence electrons. The average molecular weight is 467 g/mol. The van der Waals surface area contributed by atoms with Crippen LogP contribution in [0.15, 0.2) is 82.1 Å². The Bertz CT molecular complexity index is 1530. The van der Waals surface area contributed by atoms with Gasteiger partial charge in [0.25, 0.3) is 10.0 Å². The van der Waals surface area contributed by atoms with Crippen LogP contribution in [0.1, 0.15) is 5.69 Å². The van der Waals surface area contributed by atoms with Gasteiger partial charge in [-0.3, -0.25) is 4.72 Å². The number of sulfonamides is 1. The van der Waals surface area contributed by atoms with Gasteiger partial charge in [-0.05, 0) is 54.6 Å². The monoisotopic (exact) mass is 466 g/mol. The zero-order valence-corrected chi connectivity index (χ0v) is 18.2. The maximum absolute atomic E-state index is 12.5. The SMILES string of the molecule is O=c1[nH]c2ccc(NCc3cccn3-c3ccc(S(=O)(=O)Nc4nccs4)cc3)cc2[nH]1. The number of benzene rings is 2. The van der Waals surface area contributed by atoms with Crippen LogP contribution in [0, 0.1) is 0 Å². The second-order valence-corrected chi connectivity index (χ2v) is 9.58. The Morgan fingerprint density at radius 3 is 2.62 bits per heavy atom. The highest BCUT2D eigenvalue weighted by Crippen LogP contribution is 2.21. The third-order valence-electron chi connectivity index (χ3n) is 4.90. The van der Waals surface area contributed by atoms with Crippen LogP contribution in [0.2, 0.25) is 0 Å². The van der Waals surface area contributed by atoms with Crippen LogP contribution >= 0.6 is 11.3 Å². The van der Waals surface area contributed by atoms with Gasteiger partial charge in [-0.15, -0.1) is 11.3 Å². The van der Waals surface area contributed by atoms with Gasteiger partial charge in [-0.2, -0.15) is 0 Å². The minimum atomic E-state index is -3.69. The van der Waals surface area contributed by atoms with Crippen molar-refractivity contribution < 1.29 is 8.42 Å². The Morgan fingerprint density at radius 1 is 1.03 bits per heavy atom. The number of thiazole rings is 1. The number of nitrogens with one attached hydrogen (secondary N) is 4. The van der Waals surface area contributed by atoms with E-state index >= 15 is 0 Å². The van der Waals surface area contributed by atoms with E-state index in [1.54, 1.807) is 35.8 Å². The summed E-state index contributed by atoms with van der Waals surface area (Å²) in [4.78, 5) is 21.0. The Hall–Kier alpha value is -3.83. The predicted octanol–water partition coefficient (Wildman–Crippen LogP) is 3.52. The minimum absolute atomic E-state index is 0.164. The number of anilines is 2. The lowest BCUT2D eigenvalue weighted by Crippen LogP contribution is -2.13. The molecule has 0 radical (unpaired) electrons. The van der Waals surface area contributed by atoms with Crippen LogP contribution in [-0.4, -0.2) is 27.9 Å². The molecule has 5 aromatic rings. The van der Waals surface area contributed by atoms with Gasteiger partial charge in [0.2, 0.25) is 0 Å². The lowest BCUT2D eigenvalue weighted by atomic mass is 10.2. The second kappa shape index (κ2) is 8.02. The molecule has 0 fully saturated rings. The van der Waals surface area contributed by atoms with Crippen LogP contribution < -0.4 is 15.7 Å². The highest BCUT2D eigenvalue weighted by Gasteiger charge is 2.15. The maximum atomic E-state index is 12.5. The lowest BCUT2D eigenvalue weighted by Gasteiger charge is -2.12. The largest absolute Gasteiger partial charge is 0.379 e. The number of fused-ring (bicyclic) bond motifs is 1. The molecule has 0 saturated heterocycles. The van der Waals surface area contributed by atoms with Crippen molar-refractivity contribution in [2.75, 3.05) is 10.0 Å². The fraction of sp³-hybridized carbons (Fsp3) is 0.0476. The normalized spacial score (nSPS) is 11.6. The van der Waals surface area contributed by atoms with Gasteiger partial charge < -0.3 is 19.9 Å². The molecule has 4 N–H and O–H groups in total. The molecule has 0 spiro atoms. The van der Waals surface area contributed by atoms with E-state index in [2.05, 4.69) is 25.0 Å². The number of hydrogen-bond acceptors (Lipinski definition) is 6. The van der Waals surface area contributed by atoms with Crippen LogP contribution in [0.4, 0.5) is 10.8 Å². The van der Waals surface area contributed by atoms with Crippen molar-refractivity contribution in [3.8, 4) is 5.69 Å². The van der Waals surface area contributed by atoms with E-state index in [-0.39, 0.29) is 10.6 Å². The molecule has 0 aliphatic carbocycles. The highest BCUT2D eigenvalue weighted by atomic mass is 32.2. The molecule has 0 unspecified atom stereocenters. The summed E-state index contributed by atoms with van der Waals surface area (Å²) in [6.45, 7) is 0.540. The second-order valence-electron chi connectivity index (χ2n) is 7.00. The number of aromatic amines is 2. The van der Waals surface area contributed by atoms with E-state index in [0.29, 0.717) is 11.7 Å². The molecule has 0 saturated carbocycles. The van der Waals surface area contributed by atoms with Crippen molar-refractivity contribution in [2.24, 2.45) is 0 Å². The zero-order chi connectivity index (χ0) is 22.1. The molecule has 0 aliphatic heterocycles. The third kappa shape index (κ3) is 4.03. The topological polar surface area (TPSA) is 125 Å². The first-order valence-corrected chi connectivity index (χ1v) is 12.0. The number of aromatic nitrogens is 4. The van der Waals surface area contributed by atoms with E-state index in [4.69, 9.17) is 0 Å². The summed E-state index contributed by atoms with van der Waals surface area (Å²) in [5, 5.41) is 5.39. The molecule has 9 nitrogen and oxygen atoms in total. The van der Waals surface area contributed by atoms with E-state index in [0.717, 1.165) is 28.1 Å². The molecule has 0 aliphatic rings. The molecule has 0 atom stereocenters. The summed E-state index contributed by atoms with van der Waals surface area (Å²) < 4.78 is 29.5. The first-order valence-electron chi connectivity index (χ1n) is 9.63.